The average molecular weight is 317 g/mol. The molecule has 0 aliphatic carbocycles. The molecule has 0 aliphatic rings. The van der Waals surface area contributed by atoms with Crippen LogP contribution in [-0.4, -0.2) is 56.2 Å². The molecule has 10 heteroatoms. The molecule has 122 valence electrons. The van der Waals surface area contributed by atoms with Crippen molar-refractivity contribution in [1.82, 2.24) is 0 Å². The standard InChI is InChI=1S/C9H8O4.C3H7NO5/c1-6(10)13-8-5-3-2-4-7(8)9(11)12;5-1-2(6)3(7)4(8)9/h2-5H,1H3,(H,11,12);2-3,5-7H,1H2. The Kier molecular flexibility index (Phi) is 8.30. The molecule has 0 bridgehead atoms. The van der Waals surface area contributed by atoms with Gasteiger partial charge >= 0.3 is 18.2 Å². The van der Waals surface area contributed by atoms with Crippen molar-refractivity contribution in [3.8, 4) is 5.75 Å². The molecule has 0 fully saturated rings. The number of rotatable bonds is 5. The molecule has 0 saturated carbocycles. The van der Waals surface area contributed by atoms with Crippen LogP contribution in [0.1, 0.15) is 17.3 Å². The molecule has 4 N–H and O–H groups in total. The Balaban J connectivity index is 0.000000433. The number of carbonyl (C=O) groups excluding carboxylic acids is 1. The van der Waals surface area contributed by atoms with Crippen LogP contribution in [0.5, 0.6) is 5.75 Å². The number of benzene rings is 1. The van der Waals surface area contributed by atoms with Gasteiger partial charge in [0.15, 0.2) is 6.10 Å². The second kappa shape index (κ2) is 9.39. The highest BCUT2D eigenvalue weighted by Crippen LogP contribution is 2.17. The predicted octanol–water partition coefficient (Wildman–Crippen LogP) is -0.755. The molecule has 0 radical (unpaired) electrons. The van der Waals surface area contributed by atoms with Gasteiger partial charge in [0.05, 0.1) is 11.5 Å². The molecule has 22 heavy (non-hydrogen) atoms. The number of aliphatic hydroxyl groups excluding tert-OH is 3. The maximum atomic E-state index is 10.6. The highest BCUT2D eigenvalue weighted by Gasteiger charge is 2.25. The molecule has 0 amide bonds. The number of carboxylic acid groups (broad SMARTS) is 1. The Bertz CT molecular complexity index is 531. The Labute approximate surface area is 124 Å². The fourth-order valence-corrected chi connectivity index (χ4v) is 1.12. The van der Waals surface area contributed by atoms with E-state index in [1.165, 1.54) is 19.1 Å². The molecule has 0 heterocycles. The number of aromatic carboxylic acids is 1. The van der Waals surface area contributed by atoms with E-state index >= 15 is 0 Å². The van der Waals surface area contributed by atoms with Crippen LogP contribution in [-0.2, 0) is 4.79 Å². The summed E-state index contributed by atoms with van der Waals surface area (Å²) < 4.78 is 4.69. The lowest BCUT2D eigenvalue weighted by Gasteiger charge is -2.05. The Morgan fingerprint density at radius 2 is 1.86 bits per heavy atom. The number of carbonyl (C=O) groups is 2. The predicted molar refractivity (Wildman–Crippen MR) is 70.8 cm³/mol. The van der Waals surface area contributed by atoms with E-state index in [1.807, 2.05) is 0 Å². The second-order valence-corrected chi connectivity index (χ2v) is 3.84. The number of aliphatic hydroxyl groups is 3. The third kappa shape index (κ3) is 6.74. The monoisotopic (exact) mass is 317 g/mol. The van der Waals surface area contributed by atoms with Gasteiger partial charge < -0.3 is 25.2 Å². The average Bonchev–Trinajstić information content (AvgIpc) is 2.45. The van der Waals surface area contributed by atoms with Gasteiger partial charge in [-0.3, -0.25) is 14.9 Å². The third-order valence-corrected chi connectivity index (χ3v) is 2.12. The van der Waals surface area contributed by atoms with Gasteiger partial charge in [-0.1, -0.05) is 12.1 Å². The number of nitro groups is 1. The number of ether oxygens (including phenoxy) is 1. The summed E-state index contributed by atoms with van der Waals surface area (Å²) in [5.41, 5.74) is -0.0160. The molecular weight excluding hydrogens is 302 g/mol. The molecule has 0 aliphatic heterocycles. The van der Waals surface area contributed by atoms with Crippen molar-refractivity contribution >= 4 is 11.9 Å². The summed E-state index contributed by atoms with van der Waals surface area (Å²) in [7, 11) is 0. The van der Waals surface area contributed by atoms with Crippen molar-refractivity contribution in [3.63, 3.8) is 0 Å². The quantitative estimate of drug-likeness (QED) is 0.179. The van der Waals surface area contributed by atoms with Crippen LogP contribution < -0.4 is 4.74 Å². The molecule has 1 aromatic rings. The number of nitrogens with zero attached hydrogens (tertiary/aromatic N) is 1. The fraction of sp³-hybridized carbons (Fsp3) is 0.333. The lowest BCUT2D eigenvalue weighted by molar-refractivity contribution is -0.583. The highest BCUT2D eigenvalue weighted by atomic mass is 16.7. The van der Waals surface area contributed by atoms with Crippen molar-refractivity contribution in [1.29, 1.82) is 0 Å². The fourth-order valence-electron chi connectivity index (χ4n) is 1.12. The van der Waals surface area contributed by atoms with Gasteiger partial charge in [-0.15, -0.1) is 0 Å². The van der Waals surface area contributed by atoms with Crippen molar-refractivity contribution < 1.29 is 39.7 Å². The number of carboxylic acids is 1. The minimum Gasteiger partial charge on any atom is -0.478 e. The van der Waals surface area contributed by atoms with Crippen molar-refractivity contribution in [2.75, 3.05) is 6.61 Å². The molecule has 0 spiro atoms. The van der Waals surface area contributed by atoms with Gasteiger partial charge in [0.25, 0.3) is 0 Å². The van der Waals surface area contributed by atoms with E-state index in [-0.39, 0.29) is 11.3 Å². The van der Waals surface area contributed by atoms with E-state index in [4.69, 9.17) is 20.4 Å². The van der Waals surface area contributed by atoms with Crippen LogP contribution >= 0.6 is 0 Å². The molecular formula is C12H15NO9. The number of hydrogen-bond donors (Lipinski definition) is 4. The molecule has 1 aromatic carbocycles. The Morgan fingerprint density at radius 3 is 2.23 bits per heavy atom. The van der Waals surface area contributed by atoms with Crippen molar-refractivity contribution in [3.05, 3.63) is 39.9 Å². The number of para-hydroxylation sites is 1. The minimum atomic E-state index is -2.09. The summed E-state index contributed by atoms with van der Waals surface area (Å²) in [4.78, 5) is 29.7. The van der Waals surface area contributed by atoms with Crippen LogP contribution in [0.15, 0.2) is 24.3 Å². The number of esters is 1. The van der Waals surface area contributed by atoms with Crippen LogP contribution in [0.3, 0.4) is 0 Å². The maximum Gasteiger partial charge on any atom is 0.341 e. The van der Waals surface area contributed by atoms with E-state index in [1.54, 1.807) is 12.1 Å². The zero-order valence-electron chi connectivity index (χ0n) is 11.4. The zero-order valence-corrected chi connectivity index (χ0v) is 11.4. The summed E-state index contributed by atoms with van der Waals surface area (Å²) >= 11 is 0. The Hall–Kier alpha value is -2.56. The number of hydrogen-bond acceptors (Lipinski definition) is 8. The van der Waals surface area contributed by atoms with E-state index in [2.05, 4.69) is 4.74 Å². The van der Waals surface area contributed by atoms with E-state index < -0.39 is 35.8 Å². The topological polar surface area (TPSA) is 167 Å². The normalized spacial score (nSPS) is 12.4. The minimum absolute atomic E-state index is 0.0160. The zero-order chi connectivity index (χ0) is 17.3. The lowest BCUT2D eigenvalue weighted by Crippen LogP contribution is -2.35. The van der Waals surface area contributed by atoms with Crippen LogP contribution in [0.25, 0.3) is 0 Å². The lowest BCUT2D eigenvalue weighted by atomic mass is 10.2. The second-order valence-electron chi connectivity index (χ2n) is 3.84. The molecule has 2 unspecified atom stereocenters. The largest absolute Gasteiger partial charge is 0.478 e. The van der Waals surface area contributed by atoms with Crippen molar-refractivity contribution in [2.45, 2.75) is 19.3 Å². The molecule has 0 saturated heterocycles. The smallest absolute Gasteiger partial charge is 0.341 e. The first-order valence-corrected chi connectivity index (χ1v) is 5.82. The first-order chi connectivity index (χ1) is 10.2. The molecule has 1 rings (SSSR count). The van der Waals surface area contributed by atoms with E-state index in [0.29, 0.717) is 0 Å². The van der Waals surface area contributed by atoms with Gasteiger partial charge in [0.2, 0.25) is 0 Å². The van der Waals surface area contributed by atoms with E-state index in [0.717, 1.165) is 0 Å². The van der Waals surface area contributed by atoms with Crippen LogP contribution in [0, 0.1) is 10.1 Å². The summed E-state index contributed by atoms with van der Waals surface area (Å²) in [5.74, 6) is -1.58. The summed E-state index contributed by atoms with van der Waals surface area (Å²) in [6.45, 7) is 0.404. The van der Waals surface area contributed by atoms with Gasteiger partial charge in [-0.05, 0) is 12.1 Å². The van der Waals surface area contributed by atoms with Gasteiger partial charge in [-0.2, -0.15) is 0 Å². The Morgan fingerprint density at radius 1 is 1.32 bits per heavy atom. The first-order valence-electron chi connectivity index (χ1n) is 5.82. The van der Waals surface area contributed by atoms with Gasteiger partial charge in [0.1, 0.15) is 11.3 Å². The third-order valence-electron chi connectivity index (χ3n) is 2.12. The van der Waals surface area contributed by atoms with Crippen LogP contribution in [0.2, 0.25) is 0 Å². The van der Waals surface area contributed by atoms with Crippen molar-refractivity contribution in [2.24, 2.45) is 0 Å². The molecule has 0 aromatic heterocycles. The molecule has 2 atom stereocenters. The van der Waals surface area contributed by atoms with Crippen LogP contribution in [0.4, 0.5) is 0 Å². The summed E-state index contributed by atoms with van der Waals surface area (Å²) in [5, 5.41) is 43.0. The van der Waals surface area contributed by atoms with E-state index in [9.17, 15) is 19.7 Å². The van der Waals surface area contributed by atoms with Gasteiger partial charge in [-0.25, -0.2) is 4.79 Å². The highest BCUT2D eigenvalue weighted by molar-refractivity contribution is 5.91. The summed E-state index contributed by atoms with van der Waals surface area (Å²) in [6.07, 6.45) is -3.78. The SMILES string of the molecule is CC(=O)Oc1ccccc1C(=O)O.O=[N+]([O-])C(O)C(O)CO. The first kappa shape index (κ1) is 19.4. The van der Waals surface area contributed by atoms with Gasteiger partial charge in [0, 0.05) is 6.92 Å². The molecule has 10 nitrogen and oxygen atoms in total. The summed E-state index contributed by atoms with van der Waals surface area (Å²) in [6, 6.07) is 5.98. The maximum absolute atomic E-state index is 10.6.